The number of nitrogens with one attached hydrogen (secondary N) is 1. The summed E-state index contributed by atoms with van der Waals surface area (Å²) in [6, 6.07) is 7.25. The molecule has 4 nitrogen and oxygen atoms in total. The van der Waals surface area contributed by atoms with E-state index in [1.54, 1.807) is 12.1 Å². The van der Waals surface area contributed by atoms with Crippen molar-refractivity contribution < 1.29 is 14.3 Å². The molecular weight excluding hydrogens is 218 g/mol. The van der Waals surface area contributed by atoms with Crippen LogP contribution in [0.25, 0.3) is 0 Å². The lowest BCUT2D eigenvalue weighted by Gasteiger charge is -2.07. The number of hydrogen-bond donors (Lipinski definition) is 1. The molecule has 0 aliphatic heterocycles. The third-order valence-corrected chi connectivity index (χ3v) is 2.22. The zero-order valence-corrected chi connectivity index (χ0v) is 10.2. The van der Waals surface area contributed by atoms with E-state index < -0.39 is 5.97 Å². The van der Waals surface area contributed by atoms with Crippen LogP contribution < -0.4 is 10.1 Å². The van der Waals surface area contributed by atoms with Gasteiger partial charge in [-0.2, -0.15) is 0 Å². The van der Waals surface area contributed by atoms with Gasteiger partial charge >= 0.3 is 5.97 Å². The van der Waals surface area contributed by atoms with Crippen molar-refractivity contribution in [2.45, 2.75) is 26.7 Å². The Morgan fingerprint density at radius 2 is 2.00 bits per heavy atom. The number of esters is 1. The summed E-state index contributed by atoms with van der Waals surface area (Å²) in [4.78, 5) is 22.6. The summed E-state index contributed by atoms with van der Waals surface area (Å²) in [7, 11) is 0. The van der Waals surface area contributed by atoms with Crippen LogP contribution in [0.1, 0.15) is 25.3 Å². The number of carbonyl (C=O) groups is 2. The monoisotopic (exact) mass is 235 g/mol. The molecule has 0 fully saturated rings. The van der Waals surface area contributed by atoms with Crippen LogP contribution in [-0.4, -0.2) is 18.4 Å². The SMILES string of the molecule is CCCC(=O)NCC(=O)Oc1ccccc1C. The summed E-state index contributed by atoms with van der Waals surface area (Å²) in [6.45, 7) is 3.68. The maximum Gasteiger partial charge on any atom is 0.330 e. The summed E-state index contributed by atoms with van der Waals surface area (Å²) in [5.41, 5.74) is 0.890. The molecule has 0 aliphatic rings. The Bertz CT molecular complexity index is 401. The Labute approximate surface area is 101 Å². The van der Waals surface area contributed by atoms with Gasteiger partial charge in [0.2, 0.25) is 5.91 Å². The molecule has 0 aromatic heterocycles. The summed E-state index contributed by atoms with van der Waals surface area (Å²) < 4.78 is 5.12. The van der Waals surface area contributed by atoms with Gasteiger partial charge in [-0.1, -0.05) is 25.1 Å². The third-order valence-electron chi connectivity index (χ3n) is 2.22. The quantitative estimate of drug-likeness (QED) is 0.625. The predicted molar refractivity (Wildman–Crippen MR) is 64.7 cm³/mol. The first-order valence-corrected chi connectivity index (χ1v) is 5.66. The average Bonchev–Trinajstić information content (AvgIpc) is 2.30. The van der Waals surface area contributed by atoms with Crippen LogP contribution in [-0.2, 0) is 9.59 Å². The molecular formula is C13H17NO3. The zero-order chi connectivity index (χ0) is 12.7. The number of carbonyl (C=O) groups excluding carboxylic acids is 2. The molecule has 1 amide bonds. The van der Waals surface area contributed by atoms with Crippen molar-refractivity contribution in [1.29, 1.82) is 0 Å². The first kappa shape index (κ1) is 13.2. The van der Waals surface area contributed by atoms with Gasteiger partial charge in [-0.25, -0.2) is 4.79 Å². The molecule has 0 bridgehead atoms. The Morgan fingerprint density at radius 3 is 2.65 bits per heavy atom. The van der Waals surface area contributed by atoms with Crippen molar-refractivity contribution in [2.24, 2.45) is 0 Å². The molecule has 1 N–H and O–H groups in total. The van der Waals surface area contributed by atoms with Gasteiger partial charge in [0.15, 0.2) is 0 Å². The predicted octanol–water partition coefficient (Wildman–Crippen LogP) is 1.82. The highest BCUT2D eigenvalue weighted by Gasteiger charge is 2.08. The first-order valence-electron chi connectivity index (χ1n) is 5.66. The van der Waals surface area contributed by atoms with Gasteiger partial charge in [0, 0.05) is 6.42 Å². The van der Waals surface area contributed by atoms with Crippen LogP contribution >= 0.6 is 0 Å². The number of benzene rings is 1. The van der Waals surface area contributed by atoms with E-state index >= 15 is 0 Å². The van der Waals surface area contributed by atoms with Crippen molar-refractivity contribution in [3.05, 3.63) is 29.8 Å². The van der Waals surface area contributed by atoms with Gasteiger partial charge in [-0.15, -0.1) is 0 Å². The standard InChI is InChI=1S/C13H17NO3/c1-3-6-12(15)14-9-13(16)17-11-8-5-4-7-10(11)2/h4-5,7-8H,3,6,9H2,1-2H3,(H,14,15). The number of rotatable bonds is 5. The fourth-order valence-corrected chi connectivity index (χ4v) is 1.32. The van der Waals surface area contributed by atoms with Crippen LogP contribution in [0.5, 0.6) is 5.75 Å². The number of aryl methyl sites for hydroxylation is 1. The Kier molecular flexibility index (Phi) is 5.20. The van der Waals surface area contributed by atoms with Crippen LogP contribution in [0.3, 0.4) is 0 Å². The van der Waals surface area contributed by atoms with Gasteiger partial charge in [0.05, 0.1) is 0 Å². The van der Waals surface area contributed by atoms with Crippen LogP contribution in [0.15, 0.2) is 24.3 Å². The van der Waals surface area contributed by atoms with E-state index in [2.05, 4.69) is 5.32 Å². The van der Waals surface area contributed by atoms with Crippen molar-refractivity contribution >= 4 is 11.9 Å². The molecule has 0 spiro atoms. The van der Waals surface area contributed by atoms with Crippen molar-refractivity contribution in [1.82, 2.24) is 5.32 Å². The molecule has 1 aromatic carbocycles. The summed E-state index contributed by atoms with van der Waals surface area (Å²) in [6.07, 6.45) is 1.19. The van der Waals surface area contributed by atoms with Gasteiger partial charge in [0.25, 0.3) is 0 Å². The minimum Gasteiger partial charge on any atom is -0.425 e. The molecule has 92 valence electrons. The molecule has 0 atom stereocenters. The molecule has 0 aliphatic carbocycles. The molecule has 1 rings (SSSR count). The fourth-order valence-electron chi connectivity index (χ4n) is 1.32. The highest BCUT2D eigenvalue weighted by molar-refractivity contribution is 5.82. The van der Waals surface area contributed by atoms with E-state index in [1.807, 2.05) is 26.0 Å². The van der Waals surface area contributed by atoms with E-state index in [4.69, 9.17) is 4.74 Å². The van der Waals surface area contributed by atoms with E-state index in [9.17, 15) is 9.59 Å². The van der Waals surface area contributed by atoms with E-state index in [0.29, 0.717) is 12.2 Å². The molecule has 0 heterocycles. The molecule has 0 saturated carbocycles. The minimum atomic E-state index is -0.455. The summed E-state index contributed by atoms with van der Waals surface area (Å²) in [5, 5.41) is 2.51. The molecule has 0 saturated heterocycles. The van der Waals surface area contributed by atoms with E-state index in [-0.39, 0.29) is 12.5 Å². The molecule has 4 heteroatoms. The first-order chi connectivity index (χ1) is 8.13. The Hall–Kier alpha value is -1.84. The number of amides is 1. The average molecular weight is 235 g/mol. The normalized spacial score (nSPS) is 9.76. The highest BCUT2D eigenvalue weighted by atomic mass is 16.5. The zero-order valence-electron chi connectivity index (χ0n) is 10.2. The Balaban J connectivity index is 2.40. The molecule has 17 heavy (non-hydrogen) atoms. The van der Waals surface area contributed by atoms with Gasteiger partial charge < -0.3 is 10.1 Å². The second-order valence-electron chi connectivity index (χ2n) is 3.77. The third kappa shape index (κ3) is 4.68. The van der Waals surface area contributed by atoms with E-state index in [1.165, 1.54) is 0 Å². The van der Waals surface area contributed by atoms with Crippen LogP contribution in [0.4, 0.5) is 0 Å². The largest absolute Gasteiger partial charge is 0.425 e. The number of para-hydroxylation sites is 1. The Morgan fingerprint density at radius 1 is 1.29 bits per heavy atom. The molecule has 0 radical (unpaired) electrons. The second kappa shape index (κ2) is 6.68. The second-order valence-corrected chi connectivity index (χ2v) is 3.77. The lowest BCUT2D eigenvalue weighted by atomic mass is 10.2. The topological polar surface area (TPSA) is 55.4 Å². The van der Waals surface area contributed by atoms with Gasteiger partial charge in [-0.05, 0) is 25.0 Å². The fraction of sp³-hybridized carbons (Fsp3) is 0.385. The smallest absolute Gasteiger partial charge is 0.330 e. The number of ether oxygens (including phenoxy) is 1. The van der Waals surface area contributed by atoms with Gasteiger partial charge in [0.1, 0.15) is 12.3 Å². The van der Waals surface area contributed by atoms with Crippen molar-refractivity contribution in [3.8, 4) is 5.75 Å². The summed E-state index contributed by atoms with van der Waals surface area (Å²) >= 11 is 0. The lowest BCUT2D eigenvalue weighted by molar-refractivity contribution is -0.135. The lowest BCUT2D eigenvalue weighted by Crippen LogP contribution is -2.31. The van der Waals surface area contributed by atoms with Crippen molar-refractivity contribution in [3.63, 3.8) is 0 Å². The van der Waals surface area contributed by atoms with Crippen LogP contribution in [0, 0.1) is 6.92 Å². The molecule has 1 aromatic rings. The highest BCUT2D eigenvalue weighted by Crippen LogP contribution is 2.15. The number of hydrogen-bond acceptors (Lipinski definition) is 3. The van der Waals surface area contributed by atoms with Crippen LogP contribution in [0.2, 0.25) is 0 Å². The van der Waals surface area contributed by atoms with Crippen molar-refractivity contribution in [2.75, 3.05) is 6.54 Å². The maximum absolute atomic E-state index is 11.4. The summed E-state index contributed by atoms with van der Waals surface area (Å²) in [5.74, 6) is -0.0553. The van der Waals surface area contributed by atoms with Gasteiger partial charge in [-0.3, -0.25) is 4.79 Å². The maximum atomic E-state index is 11.4. The minimum absolute atomic E-state index is 0.0901. The molecule has 0 unspecified atom stereocenters. The van der Waals surface area contributed by atoms with E-state index in [0.717, 1.165) is 12.0 Å².